The molecule has 0 aliphatic carbocycles. The number of nitrogens with one attached hydrogen (secondary N) is 2. The van der Waals surface area contributed by atoms with Crippen LogP contribution in [-0.4, -0.2) is 36.2 Å². The first-order chi connectivity index (χ1) is 14.1. The van der Waals surface area contributed by atoms with Gasteiger partial charge in [-0.25, -0.2) is 0 Å². The monoisotopic (exact) mass is 393 g/mol. The Kier molecular flexibility index (Phi) is 7.00. The summed E-state index contributed by atoms with van der Waals surface area (Å²) in [4.78, 5) is 30.8. The number of rotatable bonds is 8. The highest BCUT2D eigenvalue weighted by molar-refractivity contribution is 6.05. The predicted molar refractivity (Wildman–Crippen MR) is 113 cm³/mol. The van der Waals surface area contributed by atoms with E-state index in [0.29, 0.717) is 19.4 Å². The Morgan fingerprint density at radius 2 is 1.86 bits per heavy atom. The van der Waals surface area contributed by atoms with Gasteiger partial charge in [0.25, 0.3) is 5.91 Å². The van der Waals surface area contributed by atoms with Crippen LogP contribution in [0.3, 0.4) is 0 Å². The van der Waals surface area contributed by atoms with E-state index in [9.17, 15) is 9.59 Å². The second-order valence-corrected chi connectivity index (χ2v) is 7.19. The molecule has 6 nitrogen and oxygen atoms in total. The van der Waals surface area contributed by atoms with Crippen molar-refractivity contribution in [2.45, 2.75) is 45.3 Å². The van der Waals surface area contributed by atoms with Crippen LogP contribution in [0.2, 0.25) is 0 Å². The van der Waals surface area contributed by atoms with E-state index < -0.39 is 12.1 Å². The maximum Gasteiger partial charge on any atom is 0.265 e. The van der Waals surface area contributed by atoms with Crippen molar-refractivity contribution in [2.24, 2.45) is 5.16 Å². The topological polar surface area (TPSA) is 79.8 Å². The highest BCUT2D eigenvalue weighted by Crippen LogP contribution is 2.19. The third-order valence-electron chi connectivity index (χ3n) is 4.88. The highest BCUT2D eigenvalue weighted by atomic mass is 16.6. The Balaban J connectivity index is 1.65. The zero-order valence-electron chi connectivity index (χ0n) is 16.9. The molecule has 152 valence electrons. The third-order valence-corrected chi connectivity index (χ3v) is 4.88. The fraction of sp³-hybridized carbons (Fsp3) is 0.348. The Hall–Kier alpha value is -3.15. The number of aryl methyl sites for hydroxylation is 1. The zero-order valence-corrected chi connectivity index (χ0v) is 16.9. The fourth-order valence-corrected chi connectivity index (χ4v) is 3.27. The van der Waals surface area contributed by atoms with Gasteiger partial charge >= 0.3 is 0 Å². The number of nitrogens with zero attached hydrogens (tertiary/aromatic N) is 1. The Bertz CT molecular complexity index is 880. The number of oxime groups is 1. The van der Waals surface area contributed by atoms with Crippen molar-refractivity contribution in [2.75, 3.05) is 6.54 Å². The number of carbonyl (C=O) groups is 2. The molecule has 0 radical (unpaired) electrons. The van der Waals surface area contributed by atoms with Crippen LogP contribution < -0.4 is 10.6 Å². The standard InChI is InChI=1S/C23H27N3O3/c1-3-13-24-22(27)20(14-17-10-5-4-6-11-17)25-23(28)21-15-19(26-29-21)18-12-8-7-9-16(18)2/h4-12,20-21H,3,13-15H2,1-2H3,(H,24,27)(H,25,28)/t20-,21-/m0/s1. The quantitative estimate of drug-likeness (QED) is 0.724. The first-order valence-corrected chi connectivity index (χ1v) is 9.99. The second kappa shape index (κ2) is 9.87. The van der Waals surface area contributed by atoms with Gasteiger partial charge in [-0.1, -0.05) is 66.7 Å². The molecular weight excluding hydrogens is 366 g/mol. The molecular formula is C23H27N3O3. The van der Waals surface area contributed by atoms with Crippen LogP contribution in [0, 0.1) is 6.92 Å². The number of amides is 2. The molecule has 0 spiro atoms. The molecule has 0 saturated heterocycles. The molecule has 2 N–H and O–H groups in total. The Labute approximate surface area is 171 Å². The van der Waals surface area contributed by atoms with Gasteiger partial charge in [-0.2, -0.15) is 0 Å². The van der Waals surface area contributed by atoms with E-state index in [1.165, 1.54) is 0 Å². The molecule has 1 aliphatic heterocycles. The predicted octanol–water partition coefficient (Wildman–Crippen LogP) is 2.74. The molecule has 2 amide bonds. The third kappa shape index (κ3) is 5.44. The van der Waals surface area contributed by atoms with Gasteiger partial charge in [-0.15, -0.1) is 0 Å². The summed E-state index contributed by atoms with van der Waals surface area (Å²) in [6.07, 6.45) is 0.893. The van der Waals surface area contributed by atoms with Crippen LogP contribution in [0.15, 0.2) is 59.8 Å². The molecule has 6 heteroatoms. The summed E-state index contributed by atoms with van der Waals surface area (Å²) in [5.74, 6) is -0.521. The minimum Gasteiger partial charge on any atom is -0.382 e. The fourth-order valence-electron chi connectivity index (χ4n) is 3.27. The minimum absolute atomic E-state index is 0.193. The lowest BCUT2D eigenvalue weighted by Crippen LogP contribution is -2.51. The molecule has 3 rings (SSSR count). The number of hydrogen-bond acceptors (Lipinski definition) is 4. The summed E-state index contributed by atoms with van der Waals surface area (Å²) in [5.41, 5.74) is 3.79. The molecule has 1 aliphatic rings. The second-order valence-electron chi connectivity index (χ2n) is 7.19. The maximum atomic E-state index is 12.8. The molecule has 2 atom stereocenters. The Morgan fingerprint density at radius 1 is 1.14 bits per heavy atom. The van der Waals surface area contributed by atoms with Crippen LogP contribution in [0.5, 0.6) is 0 Å². The van der Waals surface area contributed by atoms with Crippen molar-refractivity contribution in [1.29, 1.82) is 0 Å². The van der Waals surface area contributed by atoms with E-state index in [2.05, 4.69) is 15.8 Å². The summed E-state index contributed by atoms with van der Waals surface area (Å²) >= 11 is 0. The summed E-state index contributed by atoms with van der Waals surface area (Å²) in [6, 6.07) is 16.8. The van der Waals surface area contributed by atoms with Crippen molar-refractivity contribution in [3.63, 3.8) is 0 Å². The van der Waals surface area contributed by atoms with Gasteiger partial charge in [0.15, 0.2) is 0 Å². The van der Waals surface area contributed by atoms with Crippen LogP contribution in [0.1, 0.15) is 36.5 Å². The van der Waals surface area contributed by atoms with Crippen LogP contribution in [0.4, 0.5) is 0 Å². The van der Waals surface area contributed by atoms with E-state index in [1.807, 2.05) is 68.4 Å². The molecule has 2 aromatic rings. The summed E-state index contributed by atoms with van der Waals surface area (Å²) in [7, 11) is 0. The van der Waals surface area contributed by atoms with Crippen molar-refractivity contribution in [3.8, 4) is 0 Å². The first-order valence-electron chi connectivity index (χ1n) is 9.99. The summed E-state index contributed by atoms with van der Waals surface area (Å²) in [6.45, 7) is 4.56. The average molecular weight is 393 g/mol. The van der Waals surface area contributed by atoms with Crippen molar-refractivity contribution < 1.29 is 14.4 Å². The average Bonchev–Trinajstić information content (AvgIpc) is 3.22. The molecule has 0 aromatic heterocycles. The minimum atomic E-state index is -0.734. The summed E-state index contributed by atoms with van der Waals surface area (Å²) < 4.78 is 0. The van der Waals surface area contributed by atoms with Gasteiger partial charge in [-0.3, -0.25) is 9.59 Å². The number of carbonyl (C=O) groups excluding carboxylic acids is 2. The molecule has 0 fully saturated rings. The smallest absolute Gasteiger partial charge is 0.265 e. The molecule has 0 saturated carbocycles. The van der Waals surface area contributed by atoms with Gasteiger partial charge in [0.2, 0.25) is 12.0 Å². The van der Waals surface area contributed by atoms with E-state index in [-0.39, 0.29) is 11.8 Å². The van der Waals surface area contributed by atoms with Crippen molar-refractivity contribution >= 4 is 17.5 Å². The van der Waals surface area contributed by atoms with Crippen molar-refractivity contribution in [3.05, 3.63) is 71.3 Å². The molecule has 0 bridgehead atoms. The summed E-state index contributed by atoms with van der Waals surface area (Å²) in [5, 5.41) is 9.83. The van der Waals surface area contributed by atoms with E-state index in [1.54, 1.807) is 0 Å². The van der Waals surface area contributed by atoms with E-state index >= 15 is 0 Å². The molecule has 1 heterocycles. The largest absolute Gasteiger partial charge is 0.382 e. The van der Waals surface area contributed by atoms with E-state index in [0.717, 1.165) is 28.8 Å². The van der Waals surface area contributed by atoms with Crippen LogP contribution in [-0.2, 0) is 20.8 Å². The number of benzene rings is 2. The molecule has 29 heavy (non-hydrogen) atoms. The van der Waals surface area contributed by atoms with Gasteiger partial charge in [-0.05, 0) is 24.5 Å². The van der Waals surface area contributed by atoms with Crippen LogP contribution >= 0.6 is 0 Å². The van der Waals surface area contributed by atoms with Crippen LogP contribution in [0.25, 0.3) is 0 Å². The van der Waals surface area contributed by atoms with E-state index in [4.69, 9.17) is 4.84 Å². The SMILES string of the molecule is CCCNC(=O)[C@H](Cc1ccccc1)NC(=O)[C@@H]1CC(c2ccccc2C)=NO1. The van der Waals surface area contributed by atoms with Gasteiger partial charge < -0.3 is 15.5 Å². The lowest BCUT2D eigenvalue weighted by atomic mass is 9.99. The lowest BCUT2D eigenvalue weighted by molar-refractivity contribution is -0.135. The highest BCUT2D eigenvalue weighted by Gasteiger charge is 2.32. The number of hydrogen-bond donors (Lipinski definition) is 2. The lowest BCUT2D eigenvalue weighted by Gasteiger charge is -2.20. The maximum absolute atomic E-state index is 12.8. The molecule has 0 unspecified atom stereocenters. The van der Waals surface area contributed by atoms with Gasteiger partial charge in [0, 0.05) is 24.9 Å². The molecule has 2 aromatic carbocycles. The Morgan fingerprint density at radius 3 is 2.59 bits per heavy atom. The normalized spacial score (nSPS) is 16.5. The first kappa shape index (κ1) is 20.6. The van der Waals surface area contributed by atoms with Gasteiger partial charge in [0.1, 0.15) is 6.04 Å². The zero-order chi connectivity index (χ0) is 20.6. The van der Waals surface area contributed by atoms with Crippen molar-refractivity contribution in [1.82, 2.24) is 10.6 Å². The van der Waals surface area contributed by atoms with Gasteiger partial charge in [0.05, 0.1) is 5.71 Å².